The lowest BCUT2D eigenvalue weighted by Gasteiger charge is -2.20. The van der Waals surface area contributed by atoms with Gasteiger partial charge in [-0.05, 0) is 6.07 Å². The van der Waals surface area contributed by atoms with Crippen LogP contribution in [0.3, 0.4) is 0 Å². The molecular weight excluding hydrogens is 214 g/mol. The monoisotopic (exact) mass is 231 g/mol. The van der Waals surface area contributed by atoms with Crippen molar-refractivity contribution in [2.24, 2.45) is 10.6 Å². The van der Waals surface area contributed by atoms with Crippen LogP contribution in [0.15, 0.2) is 35.6 Å². The van der Waals surface area contributed by atoms with Crippen molar-refractivity contribution in [3.63, 3.8) is 0 Å². The average molecular weight is 231 g/mol. The number of rotatable bonds is 2. The molecule has 4 nitrogen and oxygen atoms in total. The summed E-state index contributed by atoms with van der Waals surface area (Å²) in [4.78, 5) is 0. The minimum atomic E-state index is -0.165. The van der Waals surface area contributed by atoms with Crippen LogP contribution in [0.5, 0.6) is 0 Å². The molecule has 1 N–H and O–H groups in total. The van der Waals surface area contributed by atoms with Crippen LogP contribution in [0.2, 0.25) is 0 Å². The third-order valence-electron chi connectivity index (χ3n) is 2.84. The lowest BCUT2D eigenvalue weighted by Crippen LogP contribution is -2.25. The van der Waals surface area contributed by atoms with Gasteiger partial charge in [0.1, 0.15) is 0 Å². The van der Waals surface area contributed by atoms with Crippen molar-refractivity contribution in [3.8, 4) is 0 Å². The third kappa shape index (κ3) is 2.30. The number of benzene rings is 1. The van der Waals surface area contributed by atoms with Crippen LogP contribution >= 0.6 is 0 Å². The fraction of sp³-hybridized carbons (Fsp3) is 0.385. The zero-order valence-electron chi connectivity index (χ0n) is 10.4. The van der Waals surface area contributed by atoms with Gasteiger partial charge in [-0.1, -0.05) is 44.1 Å². The topological polar surface area (TPSA) is 50.4 Å². The van der Waals surface area contributed by atoms with Gasteiger partial charge in [-0.3, -0.25) is 4.68 Å². The Morgan fingerprint density at radius 1 is 1.35 bits per heavy atom. The lowest BCUT2D eigenvalue weighted by molar-refractivity contribution is 0.307. The van der Waals surface area contributed by atoms with Crippen LogP contribution in [-0.4, -0.2) is 20.7 Å². The van der Waals surface area contributed by atoms with E-state index < -0.39 is 0 Å². The van der Waals surface area contributed by atoms with Gasteiger partial charge in [-0.15, -0.1) is 0 Å². The van der Waals surface area contributed by atoms with Gasteiger partial charge in [0.15, 0.2) is 0 Å². The van der Waals surface area contributed by atoms with E-state index in [9.17, 15) is 0 Å². The third-order valence-corrected chi connectivity index (χ3v) is 2.84. The standard InChI is InChI=1S/C13H17N3O/c1-13(2,3)12(15-17)9-16-11-7-5-4-6-10(11)8-14-16/h4-8,17H,9H2,1-3H3/b15-12-. The van der Waals surface area contributed by atoms with Crippen LogP contribution in [0, 0.1) is 5.41 Å². The molecule has 0 unspecified atom stereocenters. The molecule has 90 valence electrons. The highest BCUT2D eigenvalue weighted by Crippen LogP contribution is 2.19. The van der Waals surface area contributed by atoms with Crippen LogP contribution in [0.4, 0.5) is 0 Å². The van der Waals surface area contributed by atoms with E-state index in [2.05, 4.69) is 10.3 Å². The summed E-state index contributed by atoms with van der Waals surface area (Å²) >= 11 is 0. The molecule has 0 saturated heterocycles. The van der Waals surface area contributed by atoms with E-state index in [1.807, 2.05) is 55.9 Å². The summed E-state index contributed by atoms with van der Waals surface area (Å²) in [5.74, 6) is 0. The second kappa shape index (κ2) is 4.20. The summed E-state index contributed by atoms with van der Waals surface area (Å²) in [7, 11) is 0. The van der Waals surface area contributed by atoms with Crippen molar-refractivity contribution in [1.82, 2.24) is 9.78 Å². The molecule has 1 aromatic heterocycles. The molecule has 0 bridgehead atoms. The number of hydrogen-bond acceptors (Lipinski definition) is 3. The maximum absolute atomic E-state index is 9.08. The van der Waals surface area contributed by atoms with Gasteiger partial charge in [0, 0.05) is 10.8 Å². The van der Waals surface area contributed by atoms with Gasteiger partial charge in [0.05, 0.1) is 24.0 Å². The number of aromatic nitrogens is 2. The Bertz CT molecular complexity index is 549. The first kappa shape index (κ1) is 11.6. The highest BCUT2D eigenvalue weighted by molar-refractivity contribution is 5.90. The minimum Gasteiger partial charge on any atom is -0.411 e. The molecule has 0 radical (unpaired) electrons. The Labute approximate surface area is 101 Å². The molecular formula is C13H17N3O. The van der Waals surface area contributed by atoms with Gasteiger partial charge in [0.25, 0.3) is 0 Å². The van der Waals surface area contributed by atoms with Gasteiger partial charge in [-0.25, -0.2) is 0 Å². The lowest BCUT2D eigenvalue weighted by atomic mass is 9.90. The van der Waals surface area contributed by atoms with E-state index >= 15 is 0 Å². The number of nitrogens with zero attached hydrogens (tertiary/aromatic N) is 3. The van der Waals surface area contributed by atoms with Crippen LogP contribution in [0.25, 0.3) is 10.9 Å². The predicted octanol–water partition coefficient (Wildman–Crippen LogP) is 2.91. The first-order valence-corrected chi connectivity index (χ1v) is 5.64. The Morgan fingerprint density at radius 3 is 2.71 bits per heavy atom. The summed E-state index contributed by atoms with van der Waals surface area (Å²) in [6.07, 6.45) is 1.83. The molecule has 1 aromatic carbocycles. The average Bonchev–Trinajstić information content (AvgIpc) is 2.67. The molecule has 0 fully saturated rings. The maximum Gasteiger partial charge on any atom is 0.0838 e. The van der Waals surface area contributed by atoms with Gasteiger partial charge < -0.3 is 5.21 Å². The van der Waals surface area contributed by atoms with Crippen molar-refractivity contribution in [3.05, 3.63) is 30.5 Å². The summed E-state index contributed by atoms with van der Waals surface area (Å²) in [6, 6.07) is 8.00. The second-order valence-corrected chi connectivity index (χ2v) is 5.16. The smallest absolute Gasteiger partial charge is 0.0838 e. The molecule has 0 atom stereocenters. The van der Waals surface area contributed by atoms with E-state index in [4.69, 9.17) is 5.21 Å². The Morgan fingerprint density at radius 2 is 2.06 bits per heavy atom. The SMILES string of the molecule is CC(C)(C)/C(Cn1ncc2ccccc21)=N\O. The summed E-state index contributed by atoms with van der Waals surface area (Å²) in [5, 5.41) is 17.9. The highest BCUT2D eigenvalue weighted by atomic mass is 16.4. The molecule has 0 aliphatic carbocycles. The molecule has 0 aliphatic heterocycles. The Balaban J connectivity index is 2.36. The van der Waals surface area contributed by atoms with Gasteiger partial charge in [-0.2, -0.15) is 5.10 Å². The molecule has 17 heavy (non-hydrogen) atoms. The maximum atomic E-state index is 9.08. The molecule has 4 heteroatoms. The van der Waals surface area contributed by atoms with Gasteiger partial charge in [0.2, 0.25) is 0 Å². The number of fused-ring (bicyclic) bond motifs is 1. The first-order chi connectivity index (χ1) is 8.02. The van der Waals surface area contributed by atoms with E-state index in [1.165, 1.54) is 0 Å². The van der Waals surface area contributed by atoms with Crippen molar-refractivity contribution in [2.75, 3.05) is 0 Å². The fourth-order valence-corrected chi connectivity index (χ4v) is 1.71. The van der Waals surface area contributed by atoms with Crippen LogP contribution in [0.1, 0.15) is 20.8 Å². The molecule has 0 saturated carbocycles. The van der Waals surface area contributed by atoms with E-state index in [0.717, 1.165) is 10.9 Å². The van der Waals surface area contributed by atoms with E-state index in [0.29, 0.717) is 12.3 Å². The van der Waals surface area contributed by atoms with Crippen molar-refractivity contribution in [1.29, 1.82) is 0 Å². The number of hydrogen-bond donors (Lipinski definition) is 1. The molecule has 1 heterocycles. The Hall–Kier alpha value is -1.84. The zero-order chi connectivity index (χ0) is 12.5. The summed E-state index contributed by atoms with van der Waals surface area (Å²) in [6.45, 7) is 6.57. The molecule has 0 spiro atoms. The van der Waals surface area contributed by atoms with Crippen LogP contribution in [-0.2, 0) is 6.54 Å². The number of oxime groups is 1. The summed E-state index contributed by atoms with van der Waals surface area (Å²) in [5.41, 5.74) is 1.60. The zero-order valence-corrected chi connectivity index (χ0v) is 10.4. The largest absolute Gasteiger partial charge is 0.411 e. The van der Waals surface area contributed by atoms with Crippen molar-refractivity contribution < 1.29 is 5.21 Å². The van der Waals surface area contributed by atoms with E-state index in [1.54, 1.807) is 0 Å². The minimum absolute atomic E-state index is 0.165. The normalized spacial score (nSPS) is 13.2. The predicted molar refractivity (Wildman–Crippen MR) is 68.4 cm³/mol. The van der Waals surface area contributed by atoms with Gasteiger partial charge >= 0.3 is 0 Å². The molecule has 2 aromatic rings. The molecule has 2 rings (SSSR count). The second-order valence-electron chi connectivity index (χ2n) is 5.16. The first-order valence-electron chi connectivity index (χ1n) is 5.64. The summed E-state index contributed by atoms with van der Waals surface area (Å²) < 4.78 is 1.86. The van der Waals surface area contributed by atoms with E-state index in [-0.39, 0.29) is 5.41 Å². The quantitative estimate of drug-likeness (QED) is 0.491. The molecule has 0 amide bonds. The number of para-hydroxylation sites is 1. The van der Waals surface area contributed by atoms with Crippen LogP contribution < -0.4 is 0 Å². The fourth-order valence-electron chi connectivity index (χ4n) is 1.71. The highest BCUT2D eigenvalue weighted by Gasteiger charge is 2.20. The van der Waals surface area contributed by atoms with Crippen molar-refractivity contribution in [2.45, 2.75) is 27.3 Å². The molecule has 0 aliphatic rings. The Kier molecular flexibility index (Phi) is 2.88. The van der Waals surface area contributed by atoms with Crippen molar-refractivity contribution >= 4 is 16.6 Å².